The molecular formula is C13H8BrIO2S. The number of carbonyl (C=O) groups is 1. The Hall–Kier alpha value is -0.530. The van der Waals surface area contributed by atoms with E-state index in [0.29, 0.717) is 5.56 Å². The van der Waals surface area contributed by atoms with E-state index in [1.165, 1.54) is 0 Å². The van der Waals surface area contributed by atoms with E-state index in [1.54, 1.807) is 23.9 Å². The minimum atomic E-state index is -0.895. The maximum atomic E-state index is 10.8. The minimum absolute atomic E-state index is 0.319. The Balaban J connectivity index is 2.24. The largest absolute Gasteiger partial charge is 0.478 e. The highest BCUT2D eigenvalue weighted by atomic mass is 127. The zero-order valence-corrected chi connectivity index (χ0v) is 13.6. The summed E-state index contributed by atoms with van der Waals surface area (Å²) in [6.07, 6.45) is 0. The molecule has 0 aliphatic heterocycles. The van der Waals surface area contributed by atoms with Crippen LogP contribution in [-0.2, 0) is 0 Å². The third-order valence-electron chi connectivity index (χ3n) is 2.22. The van der Waals surface area contributed by atoms with Crippen molar-refractivity contribution in [1.82, 2.24) is 0 Å². The van der Waals surface area contributed by atoms with Gasteiger partial charge in [0.05, 0.1) is 5.56 Å². The Morgan fingerprint density at radius 3 is 2.39 bits per heavy atom. The average Bonchev–Trinajstić information content (AvgIpc) is 2.34. The van der Waals surface area contributed by atoms with Gasteiger partial charge in [-0.25, -0.2) is 4.79 Å². The molecule has 0 spiro atoms. The zero-order valence-electron chi connectivity index (χ0n) is 9.06. The second-order valence-electron chi connectivity index (χ2n) is 3.51. The van der Waals surface area contributed by atoms with Gasteiger partial charge in [-0.15, -0.1) is 0 Å². The summed E-state index contributed by atoms with van der Waals surface area (Å²) < 4.78 is 1.99. The predicted molar refractivity (Wildman–Crippen MR) is 84.4 cm³/mol. The maximum Gasteiger partial charge on any atom is 0.335 e. The van der Waals surface area contributed by atoms with Gasteiger partial charge in [-0.2, -0.15) is 0 Å². The van der Waals surface area contributed by atoms with Crippen molar-refractivity contribution >= 4 is 56.3 Å². The fourth-order valence-electron chi connectivity index (χ4n) is 1.35. The van der Waals surface area contributed by atoms with E-state index in [1.807, 2.05) is 30.3 Å². The van der Waals surface area contributed by atoms with Crippen molar-refractivity contribution in [2.45, 2.75) is 9.79 Å². The monoisotopic (exact) mass is 434 g/mol. The van der Waals surface area contributed by atoms with Crippen LogP contribution < -0.4 is 0 Å². The van der Waals surface area contributed by atoms with Crippen molar-refractivity contribution in [3.8, 4) is 0 Å². The Bertz CT molecular complexity index is 584. The van der Waals surface area contributed by atoms with Crippen molar-refractivity contribution in [2.24, 2.45) is 0 Å². The molecule has 0 aliphatic rings. The van der Waals surface area contributed by atoms with Crippen LogP contribution in [0.3, 0.4) is 0 Å². The molecule has 0 bridgehead atoms. The Morgan fingerprint density at radius 1 is 1.17 bits per heavy atom. The molecule has 92 valence electrons. The Kier molecular flexibility index (Phi) is 4.69. The van der Waals surface area contributed by atoms with E-state index >= 15 is 0 Å². The molecule has 0 fully saturated rings. The summed E-state index contributed by atoms with van der Waals surface area (Å²) in [6, 6.07) is 13.2. The summed E-state index contributed by atoms with van der Waals surface area (Å²) in [5.41, 5.74) is 0.319. The topological polar surface area (TPSA) is 37.3 Å². The van der Waals surface area contributed by atoms with E-state index in [2.05, 4.69) is 38.5 Å². The van der Waals surface area contributed by atoms with Crippen LogP contribution in [-0.4, -0.2) is 11.1 Å². The molecule has 2 aromatic rings. The highest BCUT2D eigenvalue weighted by Crippen LogP contribution is 2.32. The van der Waals surface area contributed by atoms with Crippen LogP contribution in [0.5, 0.6) is 0 Å². The van der Waals surface area contributed by atoms with Crippen molar-refractivity contribution in [2.75, 3.05) is 0 Å². The average molecular weight is 435 g/mol. The number of hydrogen-bond acceptors (Lipinski definition) is 2. The summed E-state index contributed by atoms with van der Waals surface area (Å²) >= 11 is 7.18. The maximum absolute atomic E-state index is 10.8. The number of benzene rings is 2. The smallest absolute Gasteiger partial charge is 0.335 e. The summed E-state index contributed by atoms with van der Waals surface area (Å²) in [7, 11) is 0. The molecule has 0 heterocycles. The molecule has 0 unspecified atom stereocenters. The number of halogens is 2. The predicted octanol–water partition coefficient (Wildman–Crippen LogP) is 4.90. The lowest BCUT2D eigenvalue weighted by atomic mass is 10.2. The molecule has 0 radical (unpaired) electrons. The lowest BCUT2D eigenvalue weighted by Crippen LogP contribution is -1.96. The molecule has 18 heavy (non-hydrogen) atoms. The van der Waals surface area contributed by atoms with Crippen molar-refractivity contribution in [3.05, 3.63) is 56.1 Å². The fraction of sp³-hybridized carbons (Fsp3) is 0. The molecule has 0 aliphatic carbocycles. The van der Waals surface area contributed by atoms with Crippen molar-refractivity contribution in [3.63, 3.8) is 0 Å². The molecule has 0 amide bonds. The fourth-order valence-corrected chi connectivity index (χ4v) is 3.27. The van der Waals surface area contributed by atoms with Crippen molar-refractivity contribution < 1.29 is 9.90 Å². The van der Waals surface area contributed by atoms with E-state index in [9.17, 15) is 4.79 Å². The molecule has 2 aromatic carbocycles. The molecule has 2 nitrogen and oxygen atoms in total. The molecule has 0 aromatic heterocycles. The summed E-state index contributed by atoms with van der Waals surface area (Å²) in [5.74, 6) is -0.895. The van der Waals surface area contributed by atoms with Crippen LogP contribution in [0, 0.1) is 3.57 Å². The SMILES string of the molecule is O=C(O)c1ccc(Sc2ccc(Br)cc2)c(I)c1. The molecule has 0 atom stereocenters. The van der Waals surface area contributed by atoms with E-state index in [-0.39, 0.29) is 0 Å². The molecule has 0 saturated heterocycles. The van der Waals surface area contributed by atoms with Crippen LogP contribution in [0.1, 0.15) is 10.4 Å². The van der Waals surface area contributed by atoms with Crippen LogP contribution in [0.15, 0.2) is 56.7 Å². The lowest BCUT2D eigenvalue weighted by molar-refractivity contribution is 0.0696. The second kappa shape index (κ2) is 6.08. The van der Waals surface area contributed by atoms with Gasteiger partial charge in [-0.1, -0.05) is 27.7 Å². The van der Waals surface area contributed by atoms with Gasteiger partial charge in [0.2, 0.25) is 0 Å². The summed E-state index contributed by atoms with van der Waals surface area (Å²) in [5, 5.41) is 8.91. The lowest BCUT2D eigenvalue weighted by Gasteiger charge is -2.05. The van der Waals surface area contributed by atoms with Gasteiger partial charge >= 0.3 is 5.97 Å². The number of rotatable bonds is 3. The van der Waals surface area contributed by atoms with Gasteiger partial charge in [0.1, 0.15) is 0 Å². The summed E-state index contributed by atoms with van der Waals surface area (Å²) in [4.78, 5) is 13.0. The van der Waals surface area contributed by atoms with Gasteiger partial charge in [0, 0.05) is 17.8 Å². The van der Waals surface area contributed by atoms with Gasteiger partial charge in [0.15, 0.2) is 0 Å². The molecule has 1 N–H and O–H groups in total. The molecule has 5 heteroatoms. The number of aromatic carboxylic acids is 1. The second-order valence-corrected chi connectivity index (χ2v) is 6.70. The minimum Gasteiger partial charge on any atom is -0.478 e. The highest BCUT2D eigenvalue weighted by molar-refractivity contribution is 14.1. The summed E-state index contributed by atoms with van der Waals surface area (Å²) in [6.45, 7) is 0. The van der Waals surface area contributed by atoms with E-state index < -0.39 is 5.97 Å². The number of carboxylic acid groups (broad SMARTS) is 1. The van der Waals surface area contributed by atoms with Crippen LogP contribution >= 0.6 is 50.3 Å². The van der Waals surface area contributed by atoms with E-state index in [0.717, 1.165) is 17.8 Å². The third-order valence-corrected chi connectivity index (χ3v) is 5.09. The first kappa shape index (κ1) is 13.9. The third kappa shape index (κ3) is 3.49. The molecule has 2 rings (SSSR count). The Morgan fingerprint density at radius 2 is 1.83 bits per heavy atom. The van der Waals surface area contributed by atoms with Crippen LogP contribution in [0.25, 0.3) is 0 Å². The van der Waals surface area contributed by atoms with Gasteiger partial charge in [0.25, 0.3) is 0 Å². The van der Waals surface area contributed by atoms with Crippen molar-refractivity contribution in [1.29, 1.82) is 0 Å². The van der Waals surface area contributed by atoms with E-state index in [4.69, 9.17) is 5.11 Å². The van der Waals surface area contributed by atoms with Crippen LogP contribution in [0.4, 0.5) is 0 Å². The first-order valence-corrected chi connectivity index (χ1v) is 7.71. The quantitative estimate of drug-likeness (QED) is 0.698. The zero-order chi connectivity index (χ0) is 13.1. The normalized spacial score (nSPS) is 10.3. The van der Waals surface area contributed by atoms with Gasteiger partial charge < -0.3 is 5.11 Å². The van der Waals surface area contributed by atoms with Gasteiger partial charge in [-0.3, -0.25) is 0 Å². The standard InChI is InChI=1S/C13H8BrIO2S/c14-9-2-4-10(5-3-9)18-12-6-1-8(13(16)17)7-11(12)15/h1-7H,(H,16,17). The molecule has 0 saturated carbocycles. The first-order chi connectivity index (χ1) is 8.56. The highest BCUT2D eigenvalue weighted by Gasteiger charge is 2.07. The van der Waals surface area contributed by atoms with Gasteiger partial charge in [-0.05, 0) is 65.1 Å². The van der Waals surface area contributed by atoms with Crippen LogP contribution in [0.2, 0.25) is 0 Å². The Labute approximate surface area is 131 Å². The first-order valence-electron chi connectivity index (χ1n) is 5.02. The molecular weight excluding hydrogens is 427 g/mol. The number of carboxylic acids is 1. The number of hydrogen-bond donors (Lipinski definition) is 1.